The number of rotatable bonds is 4. The summed E-state index contributed by atoms with van der Waals surface area (Å²) < 4.78 is 0. The number of nitrogens with two attached hydrogens (primary N) is 2. The highest BCUT2D eigenvalue weighted by atomic mass is 32.2. The molecule has 0 aromatic carbocycles. The van der Waals surface area contributed by atoms with E-state index in [2.05, 4.69) is 10.2 Å². The molecule has 0 fully saturated rings. The average Bonchev–Trinajstić information content (AvgIpc) is 1.87. The quantitative estimate of drug-likeness (QED) is 0.263. The molecule has 0 aliphatic carbocycles. The largest absolute Gasteiger partial charge is 0.369 e. The summed E-state index contributed by atoms with van der Waals surface area (Å²) in [6.07, 6.45) is 4.63. The molecule has 5 heteroatoms. The van der Waals surface area contributed by atoms with Crippen molar-refractivity contribution in [2.24, 2.45) is 21.7 Å². The lowest BCUT2D eigenvalue weighted by molar-refractivity contribution is 1.19. The Morgan fingerprint density at radius 1 is 1.60 bits per heavy atom. The Morgan fingerprint density at radius 2 is 2.30 bits per heavy atom. The molecule has 0 aliphatic heterocycles. The maximum absolute atomic E-state index is 5.02. The SMILES string of the molecule is CSCC/C=N/N=C(N)N. The van der Waals surface area contributed by atoms with Gasteiger partial charge in [-0.15, -0.1) is 5.10 Å². The predicted molar refractivity (Wildman–Crippen MR) is 47.3 cm³/mol. The van der Waals surface area contributed by atoms with Crippen molar-refractivity contribution < 1.29 is 0 Å². The molecule has 0 radical (unpaired) electrons. The fourth-order valence-corrected chi connectivity index (χ4v) is 0.677. The van der Waals surface area contributed by atoms with Crippen molar-refractivity contribution in [3.05, 3.63) is 0 Å². The van der Waals surface area contributed by atoms with Gasteiger partial charge in [0.15, 0.2) is 0 Å². The van der Waals surface area contributed by atoms with Crippen LogP contribution in [-0.4, -0.2) is 24.2 Å². The van der Waals surface area contributed by atoms with Crippen molar-refractivity contribution in [3.8, 4) is 0 Å². The minimum atomic E-state index is 0.000372. The zero-order valence-corrected chi connectivity index (χ0v) is 6.77. The summed E-state index contributed by atoms with van der Waals surface area (Å²) in [7, 11) is 0. The molecule has 58 valence electrons. The van der Waals surface area contributed by atoms with Gasteiger partial charge in [-0.2, -0.15) is 16.9 Å². The molecule has 0 bridgehead atoms. The molecule has 0 atom stereocenters. The predicted octanol–water partition coefficient (Wildman–Crippen LogP) is -0.00130. The normalized spacial score (nSPS) is 10.1. The van der Waals surface area contributed by atoms with Crippen LogP contribution in [0.25, 0.3) is 0 Å². The zero-order chi connectivity index (χ0) is 7.82. The van der Waals surface area contributed by atoms with Crippen LogP contribution in [0.1, 0.15) is 6.42 Å². The highest BCUT2D eigenvalue weighted by Crippen LogP contribution is 1.91. The Labute approximate surface area is 64.8 Å². The molecule has 0 saturated heterocycles. The second-order valence-corrected chi connectivity index (χ2v) is 2.59. The summed E-state index contributed by atoms with van der Waals surface area (Å²) in [5.41, 5.74) is 10.0. The van der Waals surface area contributed by atoms with Crippen LogP contribution in [0, 0.1) is 0 Å². The number of nitrogens with zero attached hydrogens (tertiary/aromatic N) is 2. The Balaban J connectivity index is 3.29. The van der Waals surface area contributed by atoms with Crippen LogP contribution < -0.4 is 11.5 Å². The molecular formula is C5H12N4S. The van der Waals surface area contributed by atoms with Crippen LogP contribution in [0.15, 0.2) is 10.2 Å². The third kappa shape index (κ3) is 7.29. The lowest BCUT2D eigenvalue weighted by Gasteiger charge is -1.85. The topological polar surface area (TPSA) is 76.8 Å². The van der Waals surface area contributed by atoms with Crippen LogP contribution >= 0.6 is 11.8 Å². The van der Waals surface area contributed by atoms with Crippen LogP contribution in [0.3, 0.4) is 0 Å². The highest BCUT2D eigenvalue weighted by Gasteiger charge is 1.77. The fourth-order valence-electron chi connectivity index (χ4n) is 0.336. The molecule has 0 aromatic rings. The second kappa shape index (κ2) is 6.41. The molecule has 0 saturated carbocycles. The summed E-state index contributed by atoms with van der Waals surface area (Å²) in [6, 6.07) is 0. The first-order valence-electron chi connectivity index (χ1n) is 2.86. The van der Waals surface area contributed by atoms with E-state index in [0.717, 1.165) is 12.2 Å². The molecule has 4 nitrogen and oxygen atoms in total. The molecule has 0 spiro atoms. The summed E-state index contributed by atoms with van der Waals surface area (Å²) in [5.74, 6) is 1.05. The lowest BCUT2D eigenvalue weighted by atomic mass is 10.5. The van der Waals surface area contributed by atoms with Crippen LogP contribution in [-0.2, 0) is 0 Å². The van der Waals surface area contributed by atoms with Crippen molar-refractivity contribution in [2.45, 2.75) is 6.42 Å². The maximum atomic E-state index is 5.02. The molecular weight excluding hydrogens is 148 g/mol. The minimum Gasteiger partial charge on any atom is -0.369 e. The summed E-state index contributed by atoms with van der Waals surface area (Å²) in [4.78, 5) is 0. The fraction of sp³-hybridized carbons (Fsp3) is 0.600. The minimum absolute atomic E-state index is 0.000372. The van der Waals surface area contributed by atoms with Gasteiger partial charge >= 0.3 is 0 Å². The van der Waals surface area contributed by atoms with Gasteiger partial charge in [-0.1, -0.05) is 0 Å². The average molecular weight is 160 g/mol. The first-order valence-corrected chi connectivity index (χ1v) is 4.26. The summed E-state index contributed by atoms with van der Waals surface area (Å²) in [6.45, 7) is 0. The van der Waals surface area contributed by atoms with Gasteiger partial charge < -0.3 is 11.5 Å². The van der Waals surface area contributed by atoms with E-state index >= 15 is 0 Å². The van der Waals surface area contributed by atoms with Crippen molar-refractivity contribution in [2.75, 3.05) is 12.0 Å². The lowest BCUT2D eigenvalue weighted by Crippen LogP contribution is -2.21. The van der Waals surface area contributed by atoms with Crippen molar-refractivity contribution >= 4 is 23.9 Å². The molecule has 4 N–H and O–H groups in total. The van der Waals surface area contributed by atoms with E-state index in [9.17, 15) is 0 Å². The first-order chi connectivity index (χ1) is 4.77. The molecule has 0 amide bonds. The zero-order valence-electron chi connectivity index (χ0n) is 5.95. The number of thioether (sulfide) groups is 1. The molecule has 10 heavy (non-hydrogen) atoms. The van der Waals surface area contributed by atoms with Gasteiger partial charge in [0.25, 0.3) is 0 Å². The number of guanidine groups is 1. The van der Waals surface area contributed by atoms with Crippen LogP contribution in [0.4, 0.5) is 0 Å². The Bertz CT molecular complexity index is 128. The smallest absolute Gasteiger partial charge is 0.211 e. The van der Waals surface area contributed by atoms with Gasteiger partial charge in [0, 0.05) is 6.21 Å². The van der Waals surface area contributed by atoms with Gasteiger partial charge in [0.1, 0.15) is 0 Å². The Kier molecular flexibility index (Phi) is 5.96. The first kappa shape index (κ1) is 9.29. The van der Waals surface area contributed by atoms with E-state index in [4.69, 9.17) is 11.5 Å². The molecule has 0 rings (SSSR count). The van der Waals surface area contributed by atoms with Gasteiger partial charge in [0.2, 0.25) is 5.96 Å². The van der Waals surface area contributed by atoms with Crippen LogP contribution in [0.5, 0.6) is 0 Å². The molecule has 0 heterocycles. The van der Waals surface area contributed by atoms with E-state index in [1.165, 1.54) is 0 Å². The van der Waals surface area contributed by atoms with E-state index in [-0.39, 0.29) is 5.96 Å². The van der Waals surface area contributed by atoms with Gasteiger partial charge in [-0.3, -0.25) is 0 Å². The van der Waals surface area contributed by atoms with Gasteiger partial charge in [-0.05, 0) is 18.4 Å². The Morgan fingerprint density at radius 3 is 2.80 bits per heavy atom. The van der Waals surface area contributed by atoms with Crippen molar-refractivity contribution in [3.63, 3.8) is 0 Å². The summed E-state index contributed by atoms with van der Waals surface area (Å²) >= 11 is 1.76. The van der Waals surface area contributed by atoms with E-state index in [0.29, 0.717) is 0 Å². The highest BCUT2D eigenvalue weighted by molar-refractivity contribution is 7.98. The van der Waals surface area contributed by atoms with E-state index < -0.39 is 0 Å². The summed E-state index contributed by atoms with van der Waals surface area (Å²) in [5, 5.41) is 7.04. The molecule has 0 unspecified atom stereocenters. The maximum Gasteiger partial charge on any atom is 0.211 e. The van der Waals surface area contributed by atoms with E-state index in [1.54, 1.807) is 18.0 Å². The van der Waals surface area contributed by atoms with Gasteiger partial charge in [-0.25, -0.2) is 0 Å². The van der Waals surface area contributed by atoms with Gasteiger partial charge in [0.05, 0.1) is 0 Å². The number of hydrogen-bond acceptors (Lipinski definition) is 3. The monoisotopic (exact) mass is 160 g/mol. The third-order valence-corrected chi connectivity index (χ3v) is 1.35. The number of hydrogen-bond donors (Lipinski definition) is 2. The standard InChI is InChI=1S/C5H12N4S/c1-10-4-2-3-8-9-5(6)7/h3H,2,4H2,1H3,(H4,6,7,9)/b8-3+. The van der Waals surface area contributed by atoms with E-state index in [1.807, 2.05) is 6.26 Å². The second-order valence-electron chi connectivity index (χ2n) is 1.60. The Hall–Kier alpha value is -0.710. The van der Waals surface area contributed by atoms with Crippen molar-refractivity contribution in [1.82, 2.24) is 0 Å². The van der Waals surface area contributed by atoms with Crippen molar-refractivity contribution in [1.29, 1.82) is 0 Å². The third-order valence-electron chi connectivity index (χ3n) is 0.706. The molecule has 0 aromatic heterocycles. The molecule has 0 aliphatic rings. The van der Waals surface area contributed by atoms with Crippen LogP contribution in [0.2, 0.25) is 0 Å².